The minimum absolute atomic E-state index is 0.0259. The van der Waals surface area contributed by atoms with Gasteiger partial charge in [-0.2, -0.15) is 0 Å². The Balaban J connectivity index is 3.43. The highest BCUT2D eigenvalue weighted by molar-refractivity contribution is 5.86. The number of carbonyl (C=O) groups is 1. The van der Waals surface area contributed by atoms with Crippen molar-refractivity contribution in [3.63, 3.8) is 0 Å². The fraction of sp³-hybridized carbons (Fsp3) is 0.625. The van der Waals surface area contributed by atoms with E-state index in [1.54, 1.807) is 11.9 Å². The number of hydrogen-bond donors (Lipinski definition) is 1. The Bertz CT molecular complexity index is 134. The second-order valence-corrected chi connectivity index (χ2v) is 2.46. The Morgan fingerprint density at radius 3 is 2.73 bits per heavy atom. The molecule has 11 heavy (non-hydrogen) atoms. The van der Waals surface area contributed by atoms with Gasteiger partial charge >= 0.3 is 0 Å². The number of nitrogens with two attached hydrogens (primary N) is 1. The van der Waals surface area contributed by atoms with Crippen LogP contribution in [0.15, 0.2) is 12.7 Å². The molecular formula is C8H16N2O. The number of hydrogen-bond acceptors (Lipinski definition) is 2. The van der Waals surface area contributed by atoms with Gasteiger partial charge in [-0.3, -0.25) is 4.79 Å². The van der Waals surface area contributed by atoms with Crippen LogP contribution in [0.25, 0.3) is 0 Å². The molecule has 0 unspecified atom stereocenters. The Kier molecular flexibility index (Phi) is 5.47. The Hall–Kier alpha value is -0.830. The van der Waals surface area contributed by atoms with Crippen molar-refractivity contribution in [2.24, 2.45) is 5.73 Å². The van der Waals surface area contributed by atoms with Gasteiger partial charge in [0, 0.05) is 13.6 Å². The van der Waals surface area contributed by atoms with E-state index in [2.05, 4.69) is 6.58 Å². The standard InChI is InChI=1S/C8H16N2O/c1-3-8(11)10(2)7-5-4-6-9/h3H,1,4-7,9H2,2H3. The average molecular weight is 156 g/mol. The van der Waals surface area contributed by atoms with Gasteiger partial charge in [0.2, 0.25) is 5.91 Å². The summed E-state index contributed by atoms with van der Waals surface area (Å²) in [7, 11) is 1.76. The molecule has 0 radical (unpaired) electrons. The predicted molar refractivity (Wildman–Crippen MR) is 46.1 cm³/mol. The first-order valence-electron chi connectivity index (χ1n) is 3.80. The van der Waals surface area contributed by atoms with Crippen molar-refractivity contribution in [1.29, 1.82) is 0 Å². The van der Waals surface area contributed by atoms with Crippen LogP contribution in [0.1, 0.15) is 12.8 Å². The lowest BCUT2D eigenvalue weighted by molar-refractivity contribution is -0.124. The van der Waals surface area contributed by atoms with E-state index < -0.39 is 0 Å². The lowest BCUT2D eigenvalue weighted by atomic mass is 10.3. The number of unbranched alkanes of at least 4 members (excludes halogenated alkanes) is 1. The topological polar surface area (TPSA) is 46.3 Å². The van der Waals surface area contributed by atoms with Gasteiger partial charge in [-0.25, -0.2) is 0 Å². The summed E-state index contributed by atoms with van der Waals surface area (Å²) in [6, 6.07) is 0. The highest BCUT2D eigenvalue weighted by Crippen LogP contribution is 1.91. The molecular weight excluding hydrogens is 140 g/mol. The van der Waals surface area contributed by atoms with Crippen LogP contribution in [0.4, 0.5) is 0 Å². The lowest BCUT2D eigenvalue weighted by Gasteiger charge is -2.13. The van der Waals surface area contributed by atoms with Gasteiger partial charge < -0.3 is 10.6 Å². The molecule has 3 heteroatoms. The van der Waals surface area contributed by atoms with Gasteiger partial charge in [0.25, 0.3) is 0 Å². The molecule has 0 saturated carbocycles. The summed E-state index contributed by atoms with van der Waals surface area (Å²) in [5.74, 6) is -0.0259. The normalized spacial score (nSPS) is 9.27. The maximum absolute atomic E-state index is 10.9. The van der Waals surface area contributed by atoms with Crippen LogP contribution in [-0.4, -0.2) is 30.9 Å². The first kappa shape index (κ1) is 10.2. The van der Waals surface area contributed by atoms with Crippen molar-refractivity contribution in [3.8, 4) is 0 Å². The highest BCUT2D eigenvalue weighted by atomic mass is 16.2. The first-order chi connectivity index (χ1) is 5.22. The van der Waals surface area contributed by atoms with E-state index in [1.807, 2.05) is 0 Å². The minimum atomic E-state index is -0.0259. The summed E-state index contributed by atoms with van der Waals surface area (Å²) >= 11 is 0. The zero-order valence-corrected chi connectivity index (χ0v) is 7.05. The Morgan fingerprint density at radius 1 is 1.64 bits per heavy atom. The van der Waals surface area contributed by atoms with Crippen molar-refractivity contribution in [3.05, 3.63) is 12.7 Å². The maximum Gasteiger partial charge on any atom is 0.245 e. The first-order valence-corrected chi connectivity index (χ1v) is 3.80. The SMILES string of the molecule is C=CC(=O)N(C)CCCCN. The molecule has 0 aromatic carbocycles. The van der Waals surface area contributed by atoms with E-state index in [0.29, 0.717) is 6.54 Å². The summed E-state index contributed by atoms with van der Waals surface area (Å²) in [4.78, 5) is 12.5. The number of rotatable bonds is 5. The molecule has 0 fully saturated rings. The Morgan fingerprint density at radius 2 is 2.27 bits per heavy atom. The molecule has 0 saturated heterocycles. The van der Waals surface area contributed by atoms with Crippen molar-refractivity contribution in [1.82, 2.24) is 4.90 Å². The van der Waals surface area contributed by atoms with Crippen molar-refractivity contribution in [2.75, 3.05) is 20.1 Å². The van der Waals surface area contributed by atoms with Crippen LogP contribution in [0, 0.1) is 0 Å². The van der Waals surface area contributed by atoms with Crippen LogP contribution in [0.3, 0.4) is 0 Å². The predicted octanol–water partition coefficient (Wildman–Crippen LogP) is 0.370. The van der Waals surface area contributed by atoms with E-state index in [1.165, 1.54) is 6.08 Å². The molecule has 0 aliphatic carbocycles. The summed E-state index contributed by atoms with van der Waals surface area (Å²) in [5, 5.41) is 0. The molecule has 0 rings (SSSR count). The second-order valence-electron chi connectivity index (χ2n) is 2.46. The van der Waals surface area contributed by atoms with Gasteiger partial charge in [0.1, 0.15) is 0 Å². The minimum Gasteiger partial charge on any atom is -0.342 e. The fourth-order valence-electron chi connectivity index (χ4n) is 0.759. The van der Waals surface area contributed by atoms with E-state index >= 15 is 0 Å². The third-order valence-electron chi connectivity index (χ3n) is 1.50. The van der Waals surface area contributed by atoms with Gasteiger partial charge in [-0.05, 0) is 25.5 Å². The molecule has 0 atom stereocenters. The zero-order valence-electron chi connectivity index (χ0n) is 7.05. The van der Waals surface area contributed by atoms with Crippen LogP contribution >= 0.6 is 0 Å². The molecule has 3 nitrogen and oxygen atoms in total. The molecule has 0 aromatic heterocycles. The third-order valence-corrected chi connectivity index (χ3v) is 1.50. The van der Waals surface area contributed by atoms with Crippen LogP contribution in [-0.2, 0) is 4.79 Å². The molecule has 2 N–H and O–H groups in total. The monoisotopic (exact) mass is 156 g/mol. The van der Waals surface area contributed by atoms with Gasteiger partial charge in [-0.15, -0.1) is 0 Å². The molecule has 1 amide bonds. The summed E-state index contributed by atoms with van der Waals surface area (Å²) in [6.07, 6.45) is 3.25. The van der Waals surface area contributed by atoms with E-state index in [-0.39, 0.29) is 5.91 Å². The molecule has 0 heterocycles. The van der Waals surface area contributed by atoms with E-state index in [0.717, 1.165) is 19.4 Å². The number of likely N-dealkylation sites (N-methyl/N-ethyl adjacent to an activating group) is 1. The smallest absolute Gasteiger partial charge is 0.245 e. The molecule has 0 bridgehead atoms. The number of amides is 1. The third kappa shape index (κ3) is 4.56. The van der Waals surface area contributed by atoms with E-state index in [4.69, 9.17) is 5.73 Å². The van der Waals surface area contributed by atoms with Crippen molar-refractivity contribution >= 4 is 5.91 Å². The quantitative estimate of drug-likeness (QED) is 0.462. The fourth-order valence-corrected chi connectivity index (χ4v) is 0.759. The van der Waals surface area contributed by atoms with Crippen LogP contribution in [0.5, 0.6) is 0 Å². The zero-order chi connectivity index (χ0) is 8.69. The largest absolute Gasteiger partial charge is 0.342 e. The number of nitrogens with zero attached hydrogens (tertiary/aromatic N) is 1. The molecule has 0 spiro atoms. The summed E-state index contributed by atoms with van der Waals surface area (Å²) in [5.41, 5.74) is 5.30. The lowest BCUT2D eigenvalue weighted by Crippen LogP contribution is -2.25. The van der Waals surface area contributed by atoms with Crippen molar-refractivity contribution in [2.45, 2.75) is 12.8 Å². The maximum atomic E-state index is 10.9. The highest BCUT2D eigenvalue weighted by Gasteiger charge is 2.01. The molecule has 0 aromatic rings. The van der Waals surface area contributed by atoms with Gasteiger partial charge in [-0.1, -0.05) is 6.58 Å². The van der Waals surface area contributed by atoms with Crippen molar-refractivity contribution < 1.29 is 4.79 Å². The average Bonchev–Trinajstić information content (AvgIpc) is 2.03. The van der Waals surface area contributed by atoms with Gasteiger partial charge in [0.05, 0.1) is 0 Å². The molecule has 0 aliphatic rings. The van der Waals surface area contributed by atoms with E-state index in [9.17, 15) is 4.79 Å². The van der Waals surface area contributed by atoms with Crippen LogP contribution in [0.2, 0.25) is 0 Å². The van der Waals surface area contributed by atoms with Gasteiger partial charge in [0.15, 0.2) is 0 Å². The van der Waals surface area contributed by atoms with Crippen LogP contribution < -0.4 is 5.73 Å². The Labute approximate surface area is 67.9 Å². The summed E-state index contributed by atoms with van der Waals surface area (Å²) in [6.45, 7) is 4.85. The molecule has 0 aliphatic heterocycles. The second kappa shape index (κ2) is 5.92. The summed E-state index contributed by atoms with van der Waals surface area (Å²) < 4.78 is 0. The molecule has 64 valence electrons. The number of carbonyl (C=O) groups excluding carboxylic acids is 1.